The molecule has 0 saturated carbocycles. The Balaban J connectivity index is 1.43. The highest BCUT2D eigenvalue weighted by molar-refractivity contribution is 5.88. The molecule has 2 atom stereocenters. The highest BCUT2D eigenvalue weighted by Crippen LogP contribution is 2.47. The van der Waals surface area contributed by atoms with E-state index in [2.05, 4.69) is 5.32 Å². The lowest BCUT2D eigenvalue weighted by Crippen LogP contribution is -2.62. The van der Waals surface area contributed by atoms with E-state index in [1.165, 1.54) is 24.3 Å². The number of hydrogen-bond donors (Lipinski definition) is 1. The molecule has 198 valence electrons. The molecule has 2 heterocycles. The SMILES string of the molecule is COC(C(=O)N1CCC2(CC1)OC(=O)NCC2c1ccc(F)cc1)(c1ccc2c(c1)CCC2)C(F)(F)F. The van der Waals surface area contributed by atoms with Gasteiger partial charge in [-0.1, -0.05) is 30.3 Å². The van der Waals surface area contributed by atoms with E-state index in [0.29, 0.717) is 6.42 Å². The number of alkyl halides is 3. The largest absolute Gasteiger partial charge is 0.442 e. The first-order chi connectivity index (χ1) is 17.6. The van der Waals surface area contributed by atoms with Crippen LogP contribution >= 0.6 is 0 Å². The number of nitrogens with zero attached hydrogens (tertiary/aromatic N) is 1. The summed E-state index contributed by atoms with van der Waals surface area (Å²) in [5.41, 5.74) is -1.87. The third-order valence-electron chi connectivity index (χ3n) is 8.06. The van der Waals surface area contributed by atoms with Crippen LogP contribution in [0.2, 0.25) is 0 Å². The summed E-state index contributed by atoms with van der Waals surface area (Å²) in [6, 6.07) is 10.3. The summed E-state index contributed by atoms with van der Waals surface area (Å²) in [5.74, 6) is -1.95. The van der Waals surface area contributed by atoms with Crippen LogP contribution in [-0.2, 0) is 32.7 Å². The topological polar surface area (TPSA) is 67.9 Å². The van der Waals surface area contributed by atoms with E-state index in [0.717, 1.165) is 41.5 Å². The number of nitrogens with one attached hydrogen (secondary N) is 1. The van der Waals surface area contributed by atoms with Crippen LogP contribution in [0.15, 0.2) is 42.5 Å². The number of alkyl carbamates (subject to hydrolysis) is 1. The van der Waals surface area contributed by atoms with E-state index < -0.39 is 35.2 Å². The van der Waals surface area contributed by atoms with Gasteiger partial charge in [0.05, 0.1) is 0 Å². The number of amides is 2. The number of ether oxygens (including phenoxy) is 2. The lowest BCUT2D eigenvalue weighted by molar-refractivity contribution is -0.271. The van der Waals surface area contributed by atoms with Gasteiger partial charge in [0.25, 0.3) is 11.5 Å². The predicted octanol–water partition coefficient (Wildman–Crippen LogP) is 4.60. The van der Waals surface area contributed by atoms with Crippen LogP contribution in [0.4, 0.5) is 22.4 Å². The normalized spacial score (nSPS) is 22.7. The zero-order valence-electron chi connectivity index (χ0n) is 20.4. The molecule has 1 aliphatic carbocycles. The summed E-state index contributed by atoms with van der Waals surface area (Å²) in [6.45, 7) is 0.115. The van der Waals surface area contributed by atoms with Crippen LogP contribution in [0, 0.1) is 5.82 Å². The summed E-state index contributed by atoms with van der Waals surface area (Å²) in [6.07, 6.45) is -3.05. The first-order valence-electron chi connectivity index (χ1n) is 12.4. The maximum atomic E-state index is 14.7. The third kappa shape index (κ3) is 4.24. The van der Waals surface area contributed by atoms with E-state index in [4.69, 9.17) is 9.47 Å². The number of fused-ring (bicyclic) bond motifs is 1. The number of hydrogen-bond acceptors (Lipinski definition) is 4. The highest BCUT2D eigenvalue weighted by Gasteiger charge is 2.64. The van der Waals surface area contributed by atoms with Gasteiger partial charge in [-0.2, -0.15) is 13.2 Å². The zero-order chi connectivity index (χ0) is 26.4. The molecule has 37 heavy (non-hydrogen) atoms. The maximum Gasteiger partial charge on any atom is 0.430 e. The van der Waals surface area contributed by atoms with Crippen LogP contribution in [0.3, 0.4) is 0 Å². The fourth-order valence-electron chi connectivity index (χ4n) is 6.06. The van der Waals surface area contributed by atoms with Gasteiger partial charge in [0, 0.05) is 51.1 Å². The molecular weight excluding hydrogens is 492 g/mol. The molecule has 2 aromatic carbocycles. The maximum absolute atomic E-state index is 14.7. The summed E-state index contributed by atoms with van der Waals surface area (Å²) in [5, 5.41) is 2.64. The summed E-state index contributed by atoms with van der Waals surface area (Å²) in [7, 11) is 0.906. The molecule has 3 aliphatic rings. The van der Waals surface area contributed by atoms with E-state index in [9.17, 15) is 27.2 Å². The van der Waals surface area contributed by atoms with Crippen molar-refractivity contribution in [2.45, 2.75) is 55.4 Å². The van der Waals surface area contributed by atoms with E-state index in [-0.39, 0.29) is 44.0 Å². The Morgan fingerprint density at radius 1 is 1.08 bits per heavy atom. The Bertz CT molecular complexity index is 1190. The zero-order valence-corrected chi connectivity index (χ0v) is 20.4. The van der Waals surface area contributed by atoms with Crippen molar-refractivity contribution in [2.75, 3.05) is 26.7 Å². The highest BCUT2D eigenvalue weighted by atomic mass is 19.4. The number of benzene rings is 2. The lowest BCUT2D eigenvalue weighted by atomic mass is 9.74. The fraction of sp³-hybridized carbons (Fsp3) is 0.481. The van der Waals surface area contributed by atoms with E-state index in [1.54, 1.807) is 18.2 Å². The molecule has 2 amide bonds. The minimum atomic E-state index is -5.00. The Hall–Kier alpha value is -3.14. The molecule has 0 aromatic heterocycles. The van der Waals surface area contributed by atoms with Gasteiger partial charge in [-0.3, -0.25) is 4.79 Å². The smallest absolute Gasteiger partial charge is 0.430 e. The first kappa shape index (κ1) is 25.5. The molecule has 0 bridgehead atoms. The fourth-order valence-corrected chi connectivity index (χ4v) is 6.06. The summed E-state index contributed by atoms with van der Waals surface area (Å²) < 4.78 is 68.2. The number of aryl methyl sites for hydroxylation is 2. The molecule has 10 heteroatoms. The minimum Gasteiger partial charge on any atom is -0.442 e. The van der Waals surface area contributed by atoms with Gasteiger partial charge in [0.1, 0.15) is 11.4 Å². The van der Waals surface area contributed by atoms with Gasteiger partial charge in [-0.05, 0) is 48.1 Å². The Labute approximate surface area is 211 Å². The molecule has 5 rings (SSSR count). The van der Waals surface area contributed by atoms with Crippen molar-refractivity contribution in [1.82, 2.24) is 10.2 Å². The van der Waals surface area contributed by atoms with Crippen molar-refractivity contribution in [2.24, 2.45) is 0 Å². The van der Waals surface area contributed by atoms with Crippen LogP contribution in [0.25, 0.3) is 0 Å². The monoisotopic (exact) mass is 520 g/mol. The number of carbonyl (C=O) groups is 2. The number of methoxy groups -OCH3 is 1. The predicted molar refractivity (Wildman–Crippen MR) is 125 cm³/mol. The standard InChI is InChI=1S/C27H28F4N2O4/c1-36-26(27(29,30)31,20-8-5-17-3-2-4-19(17)15-20)23(34)33-13-11-25(12-14-33)22(16-32-24(35)37-25)18-6-9-21(28)10-7-18/h5-10,15,22H,2-4,11-14,16H2,1H3,(H,32,35). The summed E-state index contributed by atoms with van der Waals surface area (Å²) in [4.78, 5) is 26.9. The van der Waals surface area contributed by atoms with Gasteiger partial charge in [-0.25, -0.2) is 9.18 Å². The third-order valence-corrected chi connectivity index (χ3v) is 8.06. The Kier molecular flexibility index (Phi) is 6.42. The van der Waals surface area contributed by atoms with Crippen molar-refractivity contribution < 1.29 is 36.6 Å². The molecule has 2 saturated heterocycles. The molecule has 2 aromatic rings. The second-order valence-corrected chi connectivity index (χ2v) is 9.95. The number of rotatable bonds is 4. The van der Waals surface area contributed by atoms with Crippen molar-refractivity contribution in [1.29, 1.82) is 0 Å². The minimum absolute atomic E-state index is 0.0596. The second kappa shape index (κ2) is 9.31. The number of halogens is 4. The molecule has 0 radical (unpaired) electrons. The molecule has 2 fully saturated rings. The van der Waals surface area contributed by atoms with Crippen molar-refractivity contribution in [3.05, 3.63) is 70.5 Å². The van der Waals surface area contributed by atoms with Crippen molar-refractivity contribution in [3.63, 3.8) is 0 Å². The van der Waals surface area contributed by atoms with Crippen molar-refractivity contribution in [3.8, 4) is 0 Å². The molecule has 2 aliphatic heterocycles. The Morgan fingerprint density at radius 3 is 2.41 bits per heavy atom. The molecule has 6 nitrogen and oxygen atoms in total. The quantitative estimate of drug-likeness (QED) is 0.599. The van der Waals surface area contributed by atoms with E-state index >= 15 is 0 Å². The van der Waals surface area contributed by atoms with Crippen LogP contribution in [0.1, 0.15) is 47.4 Å². The van der Waals surface area contributed by atoms with Gasteiger partial charge in [0.15, 0.2) is 0 Å². The second-order valence-electron chi connectivity index (χ2n) is 9.95. The molecule has 2 unspecified atom stereocenters. The lowest BCUT2D eigenvalue weighted by Gasteiger charge is -2.49. The molecule has 1 N–H and O–H groups in total. The van der Waals surface area contributed by atoms with Crippen LogP contribution in [0.5, 0.6) is 0 Å². The molecule has 1 spiro atoms. The average molecular weight is 521 g/mol. The molecular formula is C27H28F4N2O4. The number of carbonyl (C=O) groups excluding carboxylic acids is 2. The number of likely N-dealkylation sites (tertiary alicyclic amines) is 1. The van der Waals surface area contributed by atoms with Crippen LogP contribution in [-0.4, -0.2) is 55.4 Å². The van der Waals surface area contributed by atoms with Gasteiger partial charge >= 0.3 is 12.3 Å². The average Bonchev–Trinajstić information content (AvgIpc) is 3.33. The van der Waals surface area contributed by atoms with Gasteiger partial charge < -0.3 is 19.7 Å². The van der Waals surface area contributed by atoms with Crippen LogP contribution < -0.4 is 5.32 Å². The van der Waals surface area contributed by atoms with Gasteiger partial charge in [-0.15, -0.1) is 0 Å². The number of piperidine rings is 1. The Morgan fingerprint density at radius 2 is 1.76 bits per heavy atom. The van der Waals surface area contributed by atoms with Gasteiger partial charge in [0.2, 0.25) is 0 Å². The first-order valence-corrected chi connectivity index (χ1v) is 12.4. The summed E-state index contributed by atoms with van der Waals surface area (Å²) >= 11 is 0. The van der Waals surface area contributed by atoms with E-state index in [1.807, 2.05) is 0 Å². The van der Waals surface area contributed by atoms with Crippen molar-refractivity contribution >= 4 is 12.0 Å².